The van der Waals surface area contributed by atoms with Gasteiger partial charge in [0.1, 0.15) is 12.7 Å². The quantitative estimate of drug-likeness (QED) is 0.236. The van der Waals surface area contributed by atoms with E-state index < -0.39 is 48.9 Å². The third-order valence-electron chi connectivity index (χ3n) is 4.18. The summed E-state index contributed by atoms with van der Waals surface area (Å²) in [6.45, 7) is -1.20. The zero-order chi connectivity index (χ0) is 16.6. The summed E-state index contributed by atoms with van der Waals surface area (Å²) in [5.41, 5.74) is -2.59. The first-order valence-corrected chi connectivity index (χ1v) is 7.04. The van der Waals surface area contributed by atoms with Gasteiger partial charge in [-0.1, -0.05) is 0 Å². The number of hydrogen-bond donors (Lipinski definition) is 8. The summed E-state index contributed by atoms with van der Waals surface area (Å²) in [5.74, 6) is -6.40. The molecule has 0 radical (unpaired) electrons. The van der Waals surface area contributed by atoms with Crippen LogP contribution in [0.25, 0.3) is 0 Å². The second-order valence-corrected chi connectivity index (χ2v) is 5.77. The number of rotatable bonds is 4. The van der Waals surface area contributed by atoms with Crippen LogP contribution in [0.1, 0.15) is 12.8 Å². The Morgan fingerprint density at radius 3 is 2.32 bits per heavy atom. The van der Waals surface area contributed by atoms with E-state index in [1.165, 1.54) is 0 Å². The number of ether oxygens (including phenoxy) is 2. The van der Waals surface area contributed by atoms with Crippen LogP contribution in [-0.4, -0.2) is 97.7 Å². The van der Waals surface area contributed by atoms with Gasteiger partial charge in [0.15, 0.2) is 11.9 Å². The third kappa shape index (κ3) is 2.76. The number of aliphatic hydroxyl groups is 7. The van der Waals surface area contributed by atoms with Crippen molar-refractivity contribution in [2.75, 3.05) is 26.3 Å². The summed E-state index contributed by atoms with van der Waals surface area (Å²) < 4.78 is 10.4. The lowest BCUT2D eigenvalue weighted by molar-refractivity contribution is -0.498. The highest BCUT2D eigenvalue weighted by Crippen LogP contribution is 2.41. The molecule has 5 atom stereocenters. The Balaban J connectivity index is 2.25. The van der Waals surface area contributed by atoms with E-state index in [0.29, 0.717) is 13.0 Å². The third-order valence-corrected chi connectivity index (χ3v) is 4.18. The molecular weight excluding hydrogens is 302 g/mol. The van der Waals surface area contributed by atoms with Crippen molar-refractivity contribution < 1.29 is 45.2 Å². The highest BCUT2D eigenvalue weighted by Gasteiger charge is 2.69. The molecule has 2 aliphatic rings. The molecule has 8 N–H and O–H groups in total. The average Bonchev–Trinajstić information content (AvgIpc) is 2.52. The van der Waals surface area contributed by atoms with E-state index in [1.54, 1.807) is 0 Å². The van der Waals surface area contributed by atoms with E-state index in [0.717, 1.165) is 13.0 Å². The summed E-state index contributed by atoms with van der Waals surface area (Å²) >= 11 is 0. The van der Waals surface area contributed by atoms with Crippen molar-refractivity contribution in [2.24, 2.45) is 0 Å². The fourth-order valence-corrected chi connectivity index (χ4v) is 2.63. The maximum Gasteiger partial charge on any atom is 0.251 e. The van der Waals surface area contributed by atoms with Crippen LogP contribution in [-0.2, 0) is 9.47 Å². The van der Waals surface area contributed by atoms with Crippen LogP contribution < -0.4 is 5.32 Å². The Hall–Kier alpha value is -0.400. The molecule has 130 valence electrons. The number of piperidine rings is 1. The topological polar surface area (TPSA) is 172 Å². The minimum atomic E-state index is -3.41. The molecule has 2 rings (SSSR count). The minimum Gasteiger partial charge on any atom is -0.393 e. The summed E-state index contributed by atoms with van der Waals surface area (Å²) in [6, 6.07) is 0. The SMILES string of the molecule is OC[C@]1(O)[C@@H](OC2CCCNC2)O[C@](O)(CO)C(O)(O)[C@@H]1O. The van der Waals surface area contributed by atoms with Crippen molar-refractivity contribution >= 4 is 0 Å². The second-order valence-electron chi connectivity index (χ2n) is 5.77. The van der Waals surface area contributed by atoms with Gasteiger partial charge in [-0.2, -0.15) is 0 Å². The molecule has 1 unspecified atom stereocenters. The molecule has 0 amide bonds. The zero-order valence-electron chi connectivity index (χ0n) is 11.9. The normalized spacial score (nSPS) is 45.7. The van der Waals surface area contributed by atoms with Gasteiger partial charge in [-0.05, 0) is 19.4 Å². The Kier molecular flexibility index (Phi) is 5.09. The second kappa shape index (κ2) is 6.24. The molecule has 0 aromatic carbocycles. The van der Waals surface area contributed by atoms with Gasteiger partial charge < -0.3 is 50.5 Å². The van der Waals surface area contributed by atoms with Crippen molar-refractivity contribution in [2.45, 2.75) is 48.5 Å². The highest BCUT2D eigenvalue weighted by atomic mass is 16.8. The lowest BCUT2D eigenvalue weighted by atomic mass is 9.82. The molecule has 2 heterocycles. The van der Waals surface area contributed by atoms with Gasteiger partial charge >= 0.3 is 0 Å². The van der Waals surface area contributed by atoms with Gasteiger partial charge in [-0.15, -0.1) is 0 Å². The predicted octanol–water partition coefficient (Wildman–Crippen LogP) is -4.44. The van der Waals surface area contributed by atoms with Gasteiger partial charge in [0.25, 0.3) is 5.79 Å². The van der Waals surface area contributed by atoms with Crippen molar-refractivity contribution in [3.63, 3.8) is 0 Å². The lowest BCUT2D eigenvalue weighted by Crippen LogP contribution is -2.79. The van der Waals surface area contributed by atoms with Crippen molar-refractivity contribution in [3.05, 3.63) is 0 Å². The molecular formula is C12H23NO9. The van der Waals surface area contributed by atoms with Crippen LogP contribution in [0.2, 0.25) is 0 Å². The van der Waals surface area contributed by atoms with Crippen LogP contribution in [0.4, 0.5) is 0 Å². The molecule has 0 aromatic heterocycles. The van der Waals surface area contributed by atoms with Crippen LogP contribution in [0.5, 0.6) is 0 Å². The zero-order valence-corrected chi connectivity index (χ0v) is 11.9. The monoisotopic (exact) mass is 325 g/mol. The molecule has 0 saturated carbocycles. The summed E-state index contributed by atoms with van der Waals surface area (Å²) in [6.07, 6.45) is -3.28. The van der Waals surface area contributed by atoms with Gasteiger partial charge in [0, 0.05) is 6.54 Å². The number of nitrogens with one attached hydrogen (secondary N) is 1. The van der Waals surface area contributed by atoms with Gasteiger partial charge in [-0.25, -0.2) is 0 Å². The van der Waals surface area contributed by atoms with Crippen LogP contribution in [0.3, 0.4) is 0 Å². The Morgan fingerprint density at radius 1 is 1.14 bits per heavy atom. The van der Waals surface area contributed by atoms with E-state index in [2.05, 4.69) is 5.32 Å². The highest BCUT2D eigenvalue weighted by molar-refractivity contribution is 5.07. The molecule has 0 aliphatic carbocycles. The van der Waals surface area contributed by atoms with E-state index in [9.17, 15) is 30.6 Å². The Labute approximate surface area is 126 Å². The first kappa shape index (κ1) is 17.9. The van der Waals surface area contributed by atoms with Crippen molar-refractivity contribution in [1.29, 1.82) is 0 Å². The molecule has 0 spiro atoms. The molecule has 0 bridgehead atoms. The summed E-state index contributed by atoms with van der Waals surface area (Å²) in [4.78, 5) is 0. The van der Waals surface area contributed by atoms with Crippen LogP contribution in [0, 0.1) is 0 Å². The first-order chi connectivity index (χ1) is 10.2. The largest absolute Gasteiger partial charge is 0.393 e. The van der Waals surface area contributed by atoms with Gasteiger partial charge in [-0.3, -0.25) is 0 Å². The fourth-order valence-electron chi connectivity index (χ4n) is 2.63. The molecule has 10 heteroatoms. The fraction of sp³-hybridized carbons (Fsp3) is 1.00. The smallest absolute Gasteiger partial charge is 0.251 e. The minimum absolute atomic E-state index is 0.415. The Morgan fingerprint density at radius 2 is 1.82 bits per heavy atom. The standard InChI is InChI=1S/C12H23NO9/c14-5-10(17)8(16)12(19,20)11(18,6-15)22-9(10)21-7-2-1-3-13-4-7/h7-9,13-20H,1-6H2/t7?,8-,9+,10-,11-/m1/s1. The maximum atomic E-state index is 10.3. The Bertz CT molecular complexity index is 389. The predicted molar refractivity (Wildman–Crippen MR) is 69.1 cm³/mol. The van der Waals surface area contributed by atoms with Crippen molar-refractivity contribution in [1.82, 2.24) is 5.32 Å². The van der Waals surface area contributed by atoms with Crippen LogP contribution in [0.15, 0.2) is 0 Å². The van der Waals surface area contributed by atoms with Crippen molar-refractivity contribution in [3.8, 4) is 0 Å². The molecule has 0 aromatic rings. The molecule has 2 fully saturated rings. The van der Waals surface area contributed by atoms with E-state index >= 15 is 0 Å². The molecule has 2 aliphatic heterocycles. The number of aliphatic hydroxyl groups excluding tert-OH is 3. The average molecular weight is 325 g/mol. The van der Waals surface area contributed by atoms with E-state index in [1.807, 2.05) is 0 Å². The van der Waals surface area contributed by atoms with Crippen LogP contribution >= 0.6 is 0 Å². The summed E-state index contributed by atoms with van der Waals surface area (Å²) in [7, 11) is 0. The molecule has 22 heavy (non-hydrogen) atoms. The van der Waals surface area contributed by atoms with E-state index in [-0.39, 0.29) is 0 Å². The molecule has 10 nitrogen and oxygen atoms in total. The maximum absolute atomic E-state index is 10.3. The summed E-state index contributed by atoms with van der Waals surface area (Å²) in [5, 5.41) is 71.4. The van der Waals surface area contributed by atoms with Gasteiger partial charge in [0.2, 0.25) is 5.79 Å². The van der Waals surface area contributed by atoms with E-state index in [4.69, 9.17) is 14.6 Å². The van der Waals surface area contributed by atoms with Gasteiger partial charge in [0.05, 0.1) is 12.7 Å². The molecule has 2 saturated heterocycles. The lowest BCUT2D eigenvalue weighted by Gasteiger charge is -2.54. The number of hydrogen-bond acceptors (Lipinski definition) is 10. The first-order valence-electron chi connectivity index (χ1n) is 7.04.